The fourth-order valence-electron chi connectivity index (χ4n) is 1.53. The average molecular weight is 295 g/mol. The molecule has 0 heterocycles. The molecule has 0 aliphatic heterocycles. The summed E-state index contributed by atoms with van der Waals surface area (Å²) in [5.74, 6) is 4.59. The van der Waals surface area contributed by atoms with Gasteiger partial charge in [0.1, 0.15) is 5.75 Å². The zero-order valence-electron chi connectivity index (χ0n) is 11.4. The molecule has 0 radical (unpaired) electrons. The zero-order valence-corrected chi connectivity index (χ0v) is 12.3. The first-order valence-electron chi connectivity index (χ1n) is 6.00. The van der Waals surface area contributed by atoms with E-state index >= 15 is 0 Å². The van der Waals surface area contributed by atoms with Gasteiger partial charge >= 0.3 is 0 Å². The Hall–Kier alpha value is -1.84. The number of amides is 1. The number of aryl methyl sites for hydroxylation is 1. The molecule has 0 aliphatic rings. The summed E-state index contributed by atoms with van der Waals surface area (Å²) in [7, 11) is -3.34. The van der Waals surface area contributed by atoms with E-state index in [1.165, 1.54) is 0 Å². The van der Waals surface area contributed by atoms with Crippen LogP contribution >= 0.6 is 0 Å². The van der Waals surface area contributed by atoms with Crippen LogP contribution in [0.5, 0.6) is 0 Å². The summed E-state index contributed by atoms with van der Waals surface area (Å²) in [6.45, 7) is 1.82. The topological polar surface area (TPSA) is 83.5 Å². The van der Waals surface area contributed by atoms with E-state index in [0.29, 0.717) is 12.1 Å². The fourth-order valence-corrected chi connectivity index (χ4v) is 2.07. The first-order chi connectivity index (χ1) is 9.31. The van der Waals surface area contributed by atoms with Gasteiger partial charge in [-0.3, -0.25) is 4.79 Å². The quantitative estimate of drug-likeness (QED) is 0.801. The number of aliphatic hydroxyl groups excluding tert-OH is 1. The van der Waals surface area contributed by atoms with Crippen molar-refractivity contribution in [3.63, 3.8) is 0 Å². The van der Waals surface area contributed by atoms with E-state index in [2.05, 4.69) is 17.2 Å². The van der Waals surface area contributed by atoms with Crippen LogP contribution in [0.2, 0.25) is 0 Å². The number of carbonyl (C=O) groups excluding carboxylic acids is 1. The number of carbonyl (C=O) groups is 1. The van der Waals surface area contributed by atoms with Gasteiger partial charge in [0.05, 0.1) is 6.61 Å². The monoisotopic (exact) mass is 295 g/mol. The lowest BCUT2D eigenvalue weighted by molar-refractivity contribution is -0.113. The second kappa shape index (κ2) is 7.08. The maximum Gasteiger partial charge on any atom is 0.239 e. The minimum atomic E-state index is -3.34. The summed E-state index contributed by atoms with van der Waals surface area (Å²) in [5, 5.41) is 11.2. The Kier molecular flexibility index (Phi) is 5.74. The molecule has 1 aromatic carbocycles. The lowest BCUT2D eigenvalue weighted by Crippen LogP contribution is -2.22. The predicted octanol–water partition coefficient (Wildman–Crippen LogP) is 0.712. The van der Waals surface area contributed by atoms with Crippen molar-refractivity contribution in [3.8, 4) is 11.8 Å². The second-order valence-electron chi connectivity index (χ2n) is 4.42. The lowest BCUT2D eigenvalue weighted by atomic mass is 10.1. The Morgan fingerprint density at radius 3 is 2.65 bits per heavy atom. The number of hydrogen-bond donors (Lipinski definition) is 2. The third-order valence-electron chi connectivity index (χ3n) is 2.36. The van der Waals surface area contributed by atoms with Crippen molar-refractivity contribution in [1.82, 2.24) is 0 Å². The Morgan fingerprint density at radius 2 is 2.10 bits per heavy atom. The van der Waals surface area contributed by atoms with E-state index in [0.717, 1.165) is 17.4 Å². The highest BCUT2D eigenvalue weighted by Gasteiger charge is 2.11. The molecular formula is C14H17NO4S. The number of rotatable bonds is 4. The molecule has 0 saturated heterocycles. The van der Waals surface area contributed by atoms with Gasteiger partial charge in [0, 0.05) is 23.9 Å². The predicted molar refractivity (Wildman–Crippen MR) is 78.1 cm³/mol. The van der Waals surface area contributed by atoms with Gasteiger partial charge in [-0.1, -0.05) is 11.8 Å². The normalized spacial score (nSPS) is 10.6. The molecule has 0 atom stereocenters. The fraction of sp³-hybridized carbons (Fsp3) is 0.357. The minimum Gasteiger partial charge on any atom is -0.395 e. The van der Waals surface area contributed by atoms with Crippen LogP contribution in [0, 0.1) is 18.8 Å². The van der Waals surface area contributed by atoms with Crippen molar-refractivity contribution >= 4 is 21.4 Å². The number of anilines is 1. The highest BCUT2D eigenvalue weighted by molar-refractivity contribution is 7.91. The summed E-state index contributed by atoms with van der Waals surface area (Å²) in [6, 6.07) is 5.20. The van der Waals surface area contributed by atoms with E-state index in [-0.39, 0.29) is 6.61 Å². The van der Waals surface area contributed by atoms with Crippen molar-refractivity contribution in [1.29, 1.82) is 0 Å². The number of hydrogen-bond acceptors (Lipinski definition) is 4. The molecule has 6 heteroatoms. The molecule has 0 fully saturated rings. The highest BCUT2D eigenvalue weighted by Crippen LogP contribution is 2.16. The zero-order chi connectivity index (χ0) is 15.2. The summed E-state index contributed by atoms with van der Waals surface area (Å²) >= 11 is 0. The molecule has 2 N–H and O–H groups in total. The smallest absolute Gasteiger partial charge is 0.239 e. The molecule has 5 nitrogen and oxygen atoms in total. The van der Waals surface area contributed by atoms with Crippen LogP contribution in [0.15, 0.2) is 18.2 Å². The molecular weight excluding hydrogens is 278 g/mol. The van der Waals surface area contributed by atoms with E-state index in [1.54, 1.807) is 25.1 Å². The average Bonchev–Trinajstić information content (AvgIpc) is 2.30. The summed E-state index contributed by atoms with van der Waals surface area (Å²) in [4.78, 5) is 11.5. The maximum absolute atomic E-state index is 11.5. The summed E-state index contributed by atoms with van der Waals surface area (Å²) < 4.78 is 22.0. The van der Waals surface area contributed by atoms with Gasteiger partial charge < -0.3 is 10.4 Å². The molecule has 1 rings (SSSR count). The Balaban J connectivity index is 2.79. The van der Waals surface area contributed by atoms with Crippen LogP contribution in [0.25, 0.3) is 0 Å². The Morgan fingerprint density at radius 1 is 1.40 bits per heavy atom. The molecule has 0 aliphatic carbocycles. The highest BCUT2D eigenvalue weighted by atomic mass is 32.2. The van der Waals surface area contributed by atoms with Gasteiger partial charge in [-0.05, 0) is 30.7 Å². The van der Waals surface area contributed by atoms with Crippen molar-refractivity contribution < 1.29 is 18.3 Å². The second-order valence-corrected chi connectivity index (χ2v) is 6.56. The summed E-state index contributed by atoms with van der Waals surface area (Å²) in [6.07, 6.45) is 1.42. The van der Waals surface area contributed by atoms with E-state index in [9.17, 15) is 13.2 Å². The van der Waals surface area contributed by atoms with Gasteiger partial charge in [-0.15, -0.1) is 0 Å². The molecule has 108 valence electrons. The summed E-state index contributed by atoms with van der Waals surface area (Å²) in [5.41, 5.74) is 2.13. The van der Waals surface area contributed by atoms with Crippen molar-refractivity contribution in [3.05, 3.63) is 29.3 Å². The number of sulfone groups is 1. The SMILES string of the molecule is Cc1cc(C#CCCO)ccc1NC(=O)CS(C)(=O)=O. The van der Waals surface area contributed by atoms with Crippen molar-refractivity contribution in [2.24, 2.45) is 0 Å². The van der Waals surface area contributed by atoms with Crippen LogP contribution < -0.4 is 5.32 Å². The van der Waals surface area contributed by atoms with E-state index in [1.807, 2.05) is 0 Å². The molecule has 1 amide bonds. The third kappa shape index (κ3) is 5.87. The van der Waals surface area contributed by atoms with Crippen LogP contribution in [0.3, 0.4) is 0 Å². The molecule has 1 aromatic rings. The van der Waals surface area contributed by atoms with E-state index < -0.39 is 21.5 Å². The molecule has 0 unspecified atom stereocenters. The van der Waals surface area contributed by atoms with Crippen molar-refractivity contribution in [2.45, 2.75) is 13.3 Å². The molecule has 0 spiro atoms. The van der Waals surface area contributed by atoms with Crippen molar-refractivity contribution in [2.75, 3.05) is 23.9 Å². The van der Waals surface area contributed by atoms with Gasteiger partial charge in [-0.25, -0.2) is 8.42 Å². The minimum absolute atomic E-state index is 0.0195. The number of benzene rings is 1. The third-order valence-corrected chi connectivity index (χ3v) is 3.15. The number of nitrogens with one attached hydrogen (secondary N) is 1. The first-order valence-corrected chi connectivity index (χ1v) is 8.06. The van der Waals surface area contributed by atoms with Gasteiger partial charge in [0.15, 0.2) is 9.84 Å². The van der Waals surface area contributed by atoms with Crippen LogP contribution in [-0.2, 0) is 14.6 Å². The first kappa shape index (κ1) is 16.2. The van der Waals surface area contributed by atoms with Gasteiger partial charge in [0.25, 0.3) is 0 Å². The molecule has 0 saturated carbocycles. The molecule has 0 bridgehead atoms. The maximum atomic E-state index is 11.5. The Labute approximate surface area is 118 Å². The Bertz CT molecular complexity index is 653. The standard InChI is InChI=1S/C14H17NO4S/c1-11-9-12(5-3-4-8-16)6-7-13(11)15-14(17)10-20(2,18)19/h6-7,9,16H,4,8,10H2,1-2H3,(H,15,17). The largest absolute Gasteiger partial charge is 0.395 e. The molecule has 0 aromatic heterocycles. The van der Waals surface area contributed by atoms with E-state index in [4.69, 9.17) is 5.11 Å². The van der Waals surface area contributed by atoms with Crippen LogP contribution in [-0.4, -0.2) is 38.0 Å². The van der Waals surface area contributed by atoms with Gasteiger partial charge in [-0.2, -0.15) is 0 Å². The molecule has 20 heavy (non-hydrogen) atoms. The van der Waals surface area contributed by atoms with Crippen LogP contribution in [0.4, 0.5) is 5.69 Å². The number of aliphatic hydroxyl groups is 1. The van der Waals surface area contributed by atoms with Crippen LogP contribution in [0.1, 0.15) is 17.5 Å². The lowest BCUT2D eigenvalue weighted by Gasteiger charge is -2.08. The van der Waals surface area contributed by atoms with Gasteiger partial charge in [0.2, 0.25) is 5.91 Å².